The molecular formula is C6H9BrN2. The topological polar surface area (TPSA) is 38.4 Å². The number of rotatable bonds is 2. The maximum absolute atomic E-state index is 5.12. The van der Waals surface area contributed by atoms with Crippen molar-refractivity contribution in [3.8, 4) is 0 Å². The monoisotopic (exact) mass is 188 g/mol. The first-order chi connectivity index (χ1) is 4.35. The zero-order valence-corrected chi connectivity index (χ0v) is 6.80. The van der Waals surface area contributed by atoms with Gasteiger partial charge in [-0.15, -0.1) is 0 Å². The third-order valence-corrected chi connectivity index (χ3v) is 1.02. The van der Waals surface area contributed by atoms with Gasteiger partial charge in [-0.3, -0.25) is 4.99 Å². The smallest absolute Gasteiger partial charge is 0.0590 e. The molecule has 0 saturated carbocycles. The first-order valence-corrected chi connectivity index (χ1v) is 3.38. The summed E-state index contributed by atoms with van der Waals surface area (Å²) in [6, 6.07) is 0. The fourth-order valence-corrected chi connectivity index (χ4v) is 0.639. The number of halogens is 1. The quantitative estimate of drug-likeness (QED) is 0.655. The lowest BCUT2D eigenvalue weighted by Gasteiger charge is -1.85. The van der Waals surface area contributed by atoms with Crippen LogP contribution in [0.2, 0.25) is 0 Å². The highest BCUT2D eigenvalue weighted by Crippen LogP contribution is 1.87. The zero-order valence-electron chi connectivity index (χ0n) is 5.21. The summed E-state index contributed by atoms with van der Waals surface area (Å²) in [6.07, 6.45) is 4.98. The zero-order chi connectivity index (χ0) is 7.11. The predicted molar refractivity (Wildman–Crippen MR) is 44.8 cm³/mol. The lowest BCUT2D eigenvalue weighted by molar-refractivity contribution is 1.45. The van der Waals surface area contributed by atoms with Gasteiger partial charge in [0.25, 0.3) is 0 Å². The van der Waals surface area contributed by atoms with Crippen LogP contribution in [0.3, 0.4) is 0 Å². The molecule has 0 aromatic heterocycles. The van der Waals surface area contributed by atoms with Crippen molar-refractivity contribution in [1.82, 2.24) is 0 Å². The van der Waals surface area contributed by atoms with Crippen LogP contribution < -0.4 is 5.73 Å². The van der Waals surface area contributed by atoms with E-state index in [4.69, 9.17) is 5.73 Å². The summed E-state index contributed by atoms with van der Waals surface area (Å²) in [5.74, 6) is 0. The van der Waals surface area contributed by atoms with Gasteiger partial charge in [-0.05, 0) is 23.3 Å². The third-order valence-electron chi connectivity index (χ3n) is 0.759. The van der Waals surface area contributed by atoms with E-state index in [1.165, 1.54) is 6.20 Å². The molecular weight excluding hydrogens is 180 g/mol. The van der Waals surface area contributed by atoms with Crippen LogP contribution in [0.15, 0.2) is 28.3 Å². The first-order valence-electron chi connectivity index (χ1n) is 2.47. The van der Waals surface area contributed by atoms with Gasteiger partial charge in [0, 0.05) is 7.05 Å². The van der Waals surface area contributed by atoms with Gasteiger partial charge in [-0.1, -0.05) is 15.9 Å². The van der Waals surface area contributed by atoms with E-state index in [9.17, 15) is 0 Å². The van der Waals surface area contributed by atoms with Crippen molar-refractivity contribution in [2.75, 3.05) is 7.05 Å². The number of hydrogen-bond acceptors (Lipinski definition) is 2. The molecule has 0 unspecified atom stereocenters. The van der Waals surface area contributed by atoms with Crippen LogP contribution in [0, 0.1) is 0 Å². The molecule has 0 aliphatic carbocycles. The fraction of sp³-hybridized carbons (Fsp3) is 0.167. The lowest BCUT2D eigenvalue weighted by atomic mass is 10.3. The lowest BCUT2D eigenvalue weighted by Crippen LogP contribution is -1.88. The summed E-state index contributed by atoms with van der Waals surface area (Å²) in [6.45, 7) is 0. The van der Waals surface area contributed by atoms with E-state index in [0.29, 0.717) is 0 Å². The van der Waals surface area contributed by atoms with E-state index < -0.39 is 0 Å². The molecule has 0 heterocycles. The molecule has 0 aliphatic heterocycles. The van der Waals surface area contributed by atoms with Gasteiger partial charge in [0.2, 0.25) is 0 Å². The number of nitrogens with two attached hydrogens (primary N) is 1. The molecule has 0 aliphatic rings. The van der Waals surface area contributed by atoms with E-state index in [0.717, 1.165) is 5.71 Å². The van der Waals surface area contributed by atoms with E-state index in [2.05, 4.69) is 20.9 Å². The van der Waals surface area contributed by atoms with Crippen LogP contribution in [0.5, 0.6) is 0 Å². The fourth-order valence-electron chi connectivity index (χ4n) is 0.368. The van der Waals surface area contributed by atoms with Crippen molar-refractivity contribution in [3.05, 3.63) is 23.3 Å². The molecule has 0 bridgehead atoms. The molecule has 0 atom stereocenters. The Morgan fingerprint density at radius 3 is 2.56 bits per heavy atom. The minimum absolute atomic E-state index is 0.842. The van der Waals surface area contributed by atoms with Crippen molar-refractivity contribution in [3.63, 3.8) is 0 Å². The van der Waals surface area contributed by atoms with Gasteiger partial charge in [0.15, 0.2) is 0 Å². The Balaban J connectivity index is 4.01. The van der Waals surface area contributed by atoms with Crippen molar-refractivity contribution >= 4 is 21.6 Å². The second-order valence-electron chi connectivity index (χ2n) is 1.30. The van der Waals surface area contributed by atoms with E-state index in [-0.39, 0.29) is 0 Å². The van der Waals surface area contributed by atoms with Crippen molar-refractivity contribution in [2.45, 2.75) is 0 Å². The van der Waals surface area contributed by atoms with Crippen LogP contribution in [0.25, 0.3) is 0 Å². The predicted octanol–water partition coefficient (Wildman–Crippen LogP) is 1.44. The van der Waals surface area contributed by atoms with Crippen LogP contribution in [0.4, 0.5) is 0 Å². The highest BCUT2D eigenvalue weighted by atomic mass is 79.9. The van der Waals surface area contributed by atoms with Gasteiger partial charge >= 0.3 is 0 Å². The second kappa shape index (κ2) is 5.56. The Morgan fingerprint density at radius 2 is 2.22 bits per heavy atom. The number of aliphatic imine (C=N–C) groups is 1. The summed E-state index contributed by atoms with van der Waals surface area (Å²) in [5, 5.41) is 0. The SMILES string of the molecule is CN=C(C=CN)/C=C/Br. The highest BCUT2D eigenvalue weighted by molar-refractivity contribution is 9.11. The summed E-state index contributed by atoms with van der Waals surface area (Å²) in [7, 11) is 1.71. The van der Waals surface area contributed by atoms with Gasteiger partial charge in [0.05, 0.1) is 5.71 Å². The Labute approximate surface area is 63.3 Å². The van der Waals surface area contributed by atoms with Crippen molar-refractivity contribution in [2.24, 2.45) is 10.7 Å². The van der Waals surface area contributed by atoms with Crippen molar-refractivity contribution in [1.29, 1.82) is 0 Å². The van der Waals surface area contributed by atoms with Gasteiger partial charge in [-0.25, -0.2) is 0 Å². The Bertz CT molecular complexity index is 133. The summed E-state index contributed by atoms with van der Waals surface area (Å²) < 4.78 is 0. The molecule has 0 rings (SSSR count). The highest BCUT2D eigenvalue weighted by Gasteiger charge is 1.79. The van der Waals surface area contributed by atoms with Crippen LogP contribution in [0.1, 0.15) is 0 Å². The van der Waals surface area contributed by atoms with Gasteiger partial charge < -0.3 is 5.73 Å². The van der Waals surface area contributed by atoms with Crippen LogP contribution in [-0.2, 0) is 0 Å². The normalized spacial score (nSPS) is 13.8. The molecule has 3 heteroatoms. The number of hydrogen-bond donors (Lipinski definition) is 1. The molecule has 2 N–H and O–H groups in total. The molecule has 0 aromatic rings. The molecule has 50 valence electrons. The third kappa shape index (κ3) is 3.97. The largest absolute Gasteiger partial charge is 0.405 e. The first kappa shape index (κ1) is 8.43. The maximum atomic E-state index is 5.12. The van der Waals surface area contributed by atoms with Gasteiger partial charge in [-0.2, -0.15) is 0 Å². The Kier molecular flexibility index (Phi) is 5.21. The minimum Gasteiger partial charge on any atom is -0.405 e. The number of allylic oxidation sites excluding steroid dienone is 2. The molecule has 0 amide bonds. The molecule has 0 fully saturated rings. The molecule has 9 heavy (non-hydrogen) atoms. The van der Waals surface area contributed by atoms with Crippen molar-refractivity contribution < 1.29 is 0 Å². The molecule has 0 spiro atoms. The summed E-state index contributed by atoms with van der Waals surface area (Å²) in [5.41, 5.74) is 5.97. The maximum Gasteiger partial charge on any atom is 0.0590 e. The standard InChI is InChI=1S/C6H9BrN2/c1-9-6(2-4-7)3-5-8/h2-5H,8H2,1H3/b4-2+,5-3?,9-6?. The van der Waals surface area contributed by atoms with E-state index in [1.807, 2.05) is 6.08 Å². The number of nitrogens with zero attached hydrogens (tertiary/aromatic N) is 1. The molecule has 0 saturated heterocycles. The molecule has 0 radical (unpaired) electrons. The second-order valence-corrected chi connectivity index (χ2v) is 1.83. The van der Waals surface area contributed by atoms with E-state index in [1.54, 1.807) is 18.1 Å². The summed E-state index contributed by atoms with van der Waals surface area (Å²) >= 11 is 3.12. The average Bonchev–Trinajstić information content (AvgIpc) is 1.88. The summed E-state index contributed by atoms with van der Waals surface area (Å²) in [4.78, 5) is 5.63. The van der Waals surface area contributed by atoms with Gasteiger partial charge in [0.1, 0.15) is 0 Å². The molecule has 2 nitrogen and oxygen atoms in total. The Hall–Kier alpha value is -0.570. The Morgan fingerprint density at radius 1 is 1.56 bits per heavy atom. The van der Waals surface area contributed by atoms with E-state index >= 15 is 0 Å². The van der Waals surface area contributed by atoms with Crippen LogP contribution >= 0.6 is 15.9 Å². The average molecular weight is 189 g/mol. The molecule has 0 aromatic carbocycles. The minimum atomic E-state index is 0.842. The van der Waals surface area contributed by atoms with Crippen LogP contribution in [-0.4, -0.2) is 12.8 Å².